The largest absolute Gasteiger partial charge is 0.451 e. The van der Waals surface area contributed by atoms with Gasteiger partial charge in [0, 0.05) is 6.54 Å². The van der Waals surface area contributed by atoms with Crippen molar-refractivity contribution in [2.45, 2.75) is 26.4 Å². The first kappa shape index (κ1) is 21.3. The average Bonchev–Trinajstić information content (AvgIpc) is 2.67. The molecule has 0 spiro atoms. The summed E-state index contributed by atoms with van der Waals surface area (Å²) in [5, 5.41) is 5.01. The van der Waals surface area contributed by atoms with Gasteiger partial charge in [-0.15, -0.1) is 0 Å². The number of amides is 2. The number of hydrogen-bond donors (Lipinski definition) is 3. The molecular weight excluding hydrogens is 368 g/mol. The van der Waals surface area contributed by atoms with Crippen LogP contribution < -0.4 is 21.1 Å². The van der Waals surface area contributed by atoms with Gasteiger partial charge < -0.3 is 21.1 Å². The summed E-state index contributed by atoms with van der Waals surface area (Å²) in [7, 11) is 0. The molecule has 0 saturated carbocycles. The van der Waals surface area contributed by atoms with E-state index in [0.717, 1.165) is 0 Å². The van der Waals surface area contributed by atoms with Gasteiger partial charge in [-0.2, -0.15) is 0 Å². The topological polar surface area (TPSA) is 93.5 Å². The van der Waals surface area contributed by atoms with Crippen LogP contribution in [0.15, 0.2) is 42.5 Å². The van der Waals surface area contributed by atoms with Crippen molar-refractivity contribution in [1.29, 1.82) is 0 Å². The molecule has 150 valence electrons. The zero-order valence-electron chi connectivity index (χ0n) is 15.7. The smallest absolute Gasteiger partial charge is 0.239 e. The van der Waals surface area contributed by atoms with Crippen LogP contribution >= 0.6 is 0 Å². The number of halogens is 2. The van der Waals surface area contributed by atoms with Crippen molar-refractivity contribution in [1.82, 2.24) is 10.6 Å². The molecule has 4 N–H and O–H groups in total. The van der Waals surface area contributed by atoms with Crippen molar-refractivity contribution in [2.75, 3.05) is 6.54 Å². The first-order valence-corrected chi connectivity index (χ1v) is 8.78. The molecule has 0 radical (unpaired) electrons. The molecule has 0 aliphatic rings. The van der Waals surface area contributed by atoms with E-state index in [2.05, 4.69) is 10.6 Å². The number of benzene rings is 2. The molecular formula is C20H23F2N3O3. The number of hydrogen-bond acceptors (Lipinski definition) is 4. The maximum Gasteiger partial charge on any atom is 0.239 e. The lowest BCUT2D eigenvalue weighted by Crippen LogP contribution is -2.47. The van der Waals surface area contributed by atoms with Crippen molar-refractivity contribution in [2.24, 2.45) is 11.7 Å². The second-order valence-corrected chi connectivity index (χ2v) is 6.56. The molecule has 8 heteroatoms. The summed E-state index contributed by atoms with van der Waals surface area (Å²) in [5.41, 5.74) is 6.17. The Hall–Kier alpha value is -3.00. The van der Waals surface area contributed by atoms with E-state index in [4.69, 9.17) is 10.5 Å². The van der Waals surface area contributed by atoms with Gasteiger partial charge >= 0.3 is 0 Å². The van der Waals surface area contributed by atoms with E-state index in [1.807, 2.05) is 0 Å². The first-order chi connectivity index (χ1) is 13.3. The van der Waals surface area contributed by atoms with E-state index in [9.17, 15) is 18.4 Å². The van der Waals surface area contributed by atoms with Crippen LogP contribution in [0.3, 0.4) is 0 Å². The second kappa shape index (κ2) is 9.80. The predicted molar refractivity (Wildman–Crippen MR) is 101 cm³/mol. The van der Waals surface area contributed by atoms with Crippen molar-refractivity contribution >= 4 is 11.8 Å². The third kappa shape index (κ3) is 6.02. The number of ether oxygens (including phenoxy) is 1. The minimum atomic E-state index is -0.691. The van der Waals surface area contributed by atoms with Crippen LogP contribution in [0, 0.1) is 17.6 Å². The lowest BCUT2D eigenvalue weighted by molar-refractivity contribution is -0.127. The highest BCUT2D eigenvalue weighted by atomic mass is 19.1. The van der Waals surface area contributed by atoms with Gasteiger partial charge in [0.1, 0.15) is 0 Å². The fourth-order valence-corrected chi connectivity index (χ4v) is 2.23. The molecule has 6 nitrogen and oxygen atoms in total. The third-order valence-electron chi connectivity index (χ3n) is 3.99. The Bertz CT molecular complexity index is 843. The summed E-state index contributed by atoms with van der Waals surface area (Å²) in [4.78, 5) is 23.5. The Morgan fingerprint density at radius 2 is 1.71 bits per heavy atom. The van der Waals surface area contributed by atoms with Gasteiger partial charge in [0.2, 0.25) is 11.8 Å². The van der Waals surface area contributed by atoms with E-state index in [-0.39, 0.29) is 30.5 Å². The van der Waals surface area contributed by atoms with Crippen molar-refractivity contribution in [3.8, 4) is 11.5 Å². The van der Waals surface area contributed by atoms with Crippen LogP contribution in [0.5, 0.6) is 11.5 Å². The van der Waals surface area contributed by atoms with Gasteiger partial charge in [-0.3, -0.25) is 9.59 Å². The third-order valence-corrected chi connectivity index (χ3v) is 3.99. The van der Waals surface area contributed by atoms with Crippen LogP contribution in [0.25, 0.3) is 0 Å². The van der Waals surface area contributed by atoms with Crippen molar-refractivity contribution in [3.63, 3.8) is 0 Å². The molecule has 0 aromatic heterocycles. The normalized spacial score (nSPS) is 11.8. The van der Waals surface area contributed by atoms with E-state index in [1.54, 1.807) is 26.0 Å². The number of rotatable bonds is 8. The van der Waals surface area contributed by atoms with E-state index in [1.165, 1.54) is 30.3 Å². The van der Waals surface area contributed by atoms with Crippen LogP contribution in [-0.2, 0) is 16.1 Å². The Balaban J connectivity index is 1.86. The monoisotopic (exact) mass is 391 g/mol. The molecule has 0 aliphatic carbocycles. The number of para-hydroxylation sites is 1. The second-order valence-electron chi connectivity index (χ2n) is 6.56. The van der Waals surface area contributed by atoms with E-state index >= 15 is 0 Å². The standard InChI is InChI=1S/C20H23F2N3O3/c1-12(2)19(23)20(27)25-11-18(26)24-10-13-7-8-17(15(22)9-13)28-16-6-4-3-5-14(16)21/h3-9,12,19H,10-11,23H2,1-2H3,(H,24,26)(H,25,27)/t19-/m0/s1. The van der Waals surface area contributed by atoms with Gasteiger partial charge in [-0.05, 0) is 35.7 Å². The Morgan fingerprint density at radius 3 is 2.36 bits per heavy atom. The molecule has 0 bridgehead atoms. The van der Waals surface area contributed by atoms with Gasteiger partial charge in [-0.1, -0.05) is 32.0 Å². The average molecular weight is 391 g/mol. The summed E-state index contributed by atoms with van der Waals surface area (Å²) in [6, 6.07) is 9.08. The molecule has 2 aromatic rings. The molecule has 2 amide bonds. The summed E-state index contributed by atoms with van der Waals surface area (Å²) < 4.78 is 33.0. The van der Waals surface area contributed by atoms with Gasteiger partial charge in [0.25, 0.3) is 0 Å². The highest BCUT2D eigenvalue weighted by Crippen LogP contribution is 2.27. The maximum absolute atomic E-state index is 14.2. The molecule has 0 unspecified atom stereocenters. The van der Waals surface area contributed by atoms with Crippen LogP contribution in [0.2, 0.25) is 0 Å². The molecule has 28 heavy (non-hydrogen) atoms. The van der Waals surface area contributed by atoms with Gasteiger partial charge in [-0.25, -0.2) is 8.78 Å². The SMILES string of the molecule is CC(C)[C@H](N)C(=O)NCC(=O)NCc1ccc(Oc2ccccc2F)c(F)c1. The van der Waals surface area contributed by atoms with Crippen molar-refractivity contribution < 1.29 is 23.1 Å². The number of carbonyl (C=O) groups excluding carboxylic acids is 2. The summed E-state index contributed by atoms with van der Waals surface area (Å²) in [5.74, 6) is -2.39. The Morgan fingerprint density at radius 1 is 1.04 bits per heavy atom. The quantitative estimate of drug-likeness (QED) is 0.644. The highest BCUT2D eigenvalue weighted by molar-refractivity contribution is 5.87. The molecule has 2 aromatic carbocycles. The van der Waals surface area contributed by atoms with E-state index < -0.39 is 29.5 Å². The van der Waals surface area contributed by atoms with Crippen molar-refractivity contribution in [3.05, 3.63) is 59.7 Å². The van der Waals surface area contributed by atoms with Crippen LogP contribution in [0.1, 0.15) is 19.4 Å². The lowest BCUT2D eigenvalue weighted by Gasteiger charge is -2.15. The zero-order valence-corrected chi connectivity index (χ0v) is 15.7. The minimum Gasteiger partial charge on any atom is -0.451 e. The molecule has 0 saturated heterocycles. The maximum atomic E-state index is 14.2. The fourth-order valence-electron chi connectivity index (χ4n) is 2.23. The summed E-state index contributed by atoms with van der Waals surface area (Å²) in [6.07, 6.45) is 0. The van der Waals surface area contributed by atoms with E-state index in [0.29, 0.717) is 5.56 Å². The summed E-state index contributed by atoms with van der Waals surface area (Å²) >= 11 is 0. The summed E-state index contributed by atoms with van der Waals surface area (Å²) in [6.45, 7) is 3.44. The van der Waals surface area contributed by atoms with Gasteiger partial charge in [0.15, 0.2) is 23.1 Å². The fraction of sp³-hybridized carbons (Fsp3) is 0.300. The minimum absolute atomic E-state index is 0.0452. The molecule has 2 rings (SSSR count). The van der Waals surface area contributed by atoms with Crippen LogP contribution in [-0.4, -0.2) is 24.4 Å². The Kier molecular flexibility index (Phi) is 7.45. The first-order valence-electron chi connectivity index (χ1n) is 8.78. The number of nitrogens with one attached hydrogen (secondary N) is 2. The number of carbonyl (C=O) groups is 2. The van der Waals surface area contributed by atoms with Gasteiger partial charge in [0.05, 0.1) is 12.6 Å². The predicted octanol–water partition coefficient (Wildman–Crippen LogP) is 2.47. The Labute approximate surface area is 162 Å². The molecule has 1 atom stereocenters. The lowest BCUT2D eigenvalue weighted by atomic mass is 10.1. The highest BCUT2D eigenvalue weighted by Gasteiger charge is 2.17. The zero-order chi connectivity index (χ0) is 20.7. The van der Waals surface area contributed by atoms with Crippen LogP contribution in [0.4, 0.5) is 8.78 Å². The molecule has 0 fully saturated rings. The number of nitrogens with two attached hydrogens (primary N) is 1. The molecule has 0 heterocycles. The molecule has 0 aliphatic heterocycles.